The van der Waals surface area contributed by atoms with Gasteiger partial charge in [0.2, 0.25) is 0 Å². The second kappa shape index (κ2) is 4.24. The highest BCUT2D eigenvalue weighted by molar-refractivity contribution is 5.57. The highest BCUT2D eigenvalue weighted by atomic mass is 16.3. The van der Waals surface area contributed by atoms with Crippen molar-refractivity contribution in [3.8, 4) is 0 Å². The summed E-state index contributed by atoms with van der Waals surface area (Å²) in [4.78, 5) is 0. The molecule has 1 fully saturated rings. The van der Waals surface area contributed by atoms with Crippen LogP contribution in [0.4, 0.5) is 5.69 Å². The number of nitrogens with one attached hydrogen (secondary N) is 1. The molecule has 2 nitrogen and oxygen atoms in total. The van der Waals surface area contributed by atoms with Gasteiger partial charge in [0.25, 0.3) is 0 Å². The molecule has 19 heavy (non-hydrogen) atoms. The topological polar surface area (TPSA) is 32.3 Å². The molecule has 1 aromatic carbocycles. The molecule has 0 bridgehead atoms. The van der Waals surface area contributed by atoms with Crippen molar-refractivity contribution >= 4 is 5.69 Å². The predicted molar refractivity (Wildman–Crippen MR) is 79.3 cm³/mol. The van der Waals surface area contributed by atoms with Crippen LogP contribution in [0.15, 0.2) is 24.3 Å². The Morgan fingerprint density at radius 2 is 1.95 bits per heavy atom. The predicted octanol–water partition coefficient (Wildman–Crippen LogP) is 3.60. The van der Waals surface area contributed by atoms with Crippen LogP contribution in [0, 0.1) is 11.3 Å². The second-order valence-electron chi connectivity index (χ2n) is 7.32. The van der Waals surface area contributed by atoms with E-state index < -0.39 is 5.60 Å². The Bertz CT molecular complexity index is 457. The number of para-hydroxylation sites is 1. The zero-order chi connectivity index (χ0) is 13.7. The first-order valence-corrected chi connectivity index (χ1v) is 7.48. The van der Waals surface area contributed by atoms with Gasteiger partial charge in [0.05, 0.1) is 11.6 Å². The highest BCUT2D eigenvalue weighted by Gasteiger charge is 2.48. The van der Waals surface area contributed by atoms with Crippen LogP contribution in [0.5, 0.6) is 0 Å². The number of anilines is 1. The van der Waals surface area contributed by atoms with Gasteiger partial charge in [0.15, 0.2) is 0 Å². The molecular formula is C17H25NO. The van der Waals surface area contributed by atoms with Crippen LogP contribution in [-0.4, -0.2) is 16.7 Å². The lowest BCUT2D eigenvalue weighted by molar-refractivity contribution is -0.0824. The molecule has 104 valence electrons. The van der Waals surface area contributed by atoms with Gasteiger partial charge in [-0.3, -0.25) is 0 Å². The average Bonchev–Trinajstić information content (AvgIpc) is 2.78. The Hall–Kier alpha value is -1.02. The monoisotopic (exact) mass is 259 g/mol. The van der Waals surface area contributed by atoms with Gasteiger partial charge in [-0.1, -0.05) is 39.0 Å². The van der Waals surface area contributed by atoms with Gasteiger partial charge < -0.3 is 10.4 Å². The minimum absolute atomic E-state index is 0.177. The third kappa shape index (κ3) is 2.16. The SMILES string of the molecule is CC1CC(C)(C)CCC1(O)C1Cc2ccccc2N1. The molecule has 1 aromatic rings. The van der Waals surface area contributed by atoms with Crippen molar-refractivity contribution in [3.63, 3.8) is 0 Å². The summed E-state index contributed by atoms with van der Waals surface area (Å²) in [6.45, 7) is 6.85. The molecule has 1 heterocycles. The van der Waals surface area contributed by atoms with E-state index in [9.17, 15) is 5.11 Å². The Labute approximate surface area is 116 Å². The van der Waals surface area contributed by atoms with Crippen molar-refractivity contribution in [1.29, 1.82) is 0 Å². The van der Waals surface area contributed by atoms with E-state index in [2.05, 4.69) is 50.4 Å². The summed E-state index contributed by atoms with van der Waals surface area (Å²) >= 11 is 0. The van der Waals surface area contributed by atoms with Crippen LogP contribution in [0.1, 0.15) is 45.6 Å². The van der Waals surface area contributed by atoms with E-state index in [0.717, 1.165) is 25.7 Å². The standard InChI is InChI=1S/C17H25NO/c1-12-11-16(2,3)8-9-17(12,19)15-10-13-6-4-5-7-14(13)18-15/h4-7,12,15,18-19H,8-11H2,1-3H3. The number of benzene rings is 1. The van der Waals surface area contributed by atoms with E-state index >= 15 is 0 Å². The fraction of sp³-hybridized carbons (Fsp3) is 0.647. The van der Waals surface area contributed by atoms with Crippen LogP contribution < -0.4 is 5.32 Å². The molecular weight excluding hydrogens is 234 g/mol. The van der Waals surface area contributed by atoms with Gasteiger partial charge in [-0.25, -0.2) is 0 Å². The van der Waals surface area contributed by atoms with Crippen LogP contribution in [0.3, 0.4) is 0 Å². The molecule has 3 unspecified atom stereocenters. The number of fused-ring (bicyclic) bond motifs is 1. The molecule has 0 aromatic heterocycles. The Kier molecular flexibility index (Phi) is 2.90. The minimum Gasteiger partial charge on any atom is -0.387 e. The Morgan fingerprint density at radius 3 is 2.63 bits per heavy atom. The van der Waals surface area contributed by atoms with Crippen molar-refractivity contribution in [2.24, 2.45) is 11.3 Å². The molecule has 2 N–H and O–H groups in total. The van der Waals surface area contributed by atoms with Crippen molar-refractivity contribution < 1.29 is 5.11 Å². The summed E-state index contributed by atoms with van der Waals surface area (Å²) in [5.74, 6) is 0.350. The average molecular weight is 259 g/mol. The molecule has 0 radical (unpaired) electrons. The fourth-order valence-corrected chi connectivity index (χ4v) is 4.01. The number of hydrogen-bond acceptors (Lipinski definition) is 2. The quantitative estimate of drug-likeness (QED) is 0.807. The maximum atomic E-state index is 11.2. The lowest BCUT2D eigenvalue weighted by Gasteiger charge is -2.48. The first-order chi connectivity index (χ1) is 8.91. The smallest absolute Gasteiger partial charge is 0.0876 e. The van der Waals surface area contributed by atoms with Gasteiger partial charge in [-0.15, -0.1) is 0 Å². The van der Waals surface area contributed by atoms with Gasteiger partial charge in [0.1, 0.15) is 0 Å². The third-order valence-electron chi connectivity index (χ3n) is 5.29. The third-order valence-corrected chi connectivity index (χ3v) is 5.29. The molecule has 1 aliphatic carbocycles. The van der Waals surface area contributed by atoms with Crippen molar-refractivity contribution in [3.05, 3.63) is 29.8 Å². The van der Waals surface area contributed by atoms with Crippen molar-refractivity contribution in [1.82, 2.24) is 0 Å². The molecule has 3 atom stereocenters. The van der Waals surface area contributed by atoms with E-state index in [0.29, 0.717) is 11.3 Å². The van der Waals surface area contributed by atoms with Crippen molar-refractivity contribution in [2.75, 3.05) is 5.32 Å². The maximum Gasteiger partial charge on any atom is 0.0876 e. The van der Waals surface area contributed by atoms with E-state index in [4.69, 9.17) is 0 Å². The molecule has 0 spiro atoms. The van der Waals surface area contributed by atoms with Gasteiger partial charge in [0, 0.05) is 5.69 Å². The van der Waals surface area contributed by atoms with E-state index in [-0.39, 0.29) is 6.04 Å². The van der Waals surface area contributed by atoms with Gasteiger partial charge in [-0.05, 0) is 48.6 Å². The highest BCUT2D eigenvalue weighted by Crippen LogP contribution is 2.47. The molecule has 1 saturated carbocycles. The Balaban J connectivity index is 1.81. The minimum atomic E-state index is -0.561. The van der Waals surface area contributed by atoms with E-state index in [1.54, 1.807) is 0 Å². The van der Waals surface area contributed by atoms with Crippen LogP contribution in [-0.2, 0) is 6.42 Å². The summed E-state index contributed by atoms with van der Waals surface area (Å²) in [7, 11) is 0. The van der Waals surface area contributed by atoms with Gasteiger partial charge in [-0.2, -0.15) is 0 Å². The van der Waals surface area contributed by atoms with Gasteiger partial charge >= 0.3 is 0 Å². The lowest BCUT2D eigenvalue weighted by Crippen LogP contribution is -2.54. The molecule has 0 amide bonds. The molecule has 0 saturated heterocycles. The fourth-order valence-electron chi connectivity index (χ4n) is 4.01. The maximum absolute atomic E-state index is 11.2. The molecule has 1 aliphatic heterocycles. The van der Waals surface area contributed by atoms with Crippen LogP contribution in [0.25, 0.3) is 0 Å². The molecule has 2 aliphatic rings. The van der Waals surface area contributed by atoms with Crippen LogP contribution >= 0.6 is 0 Å². The summed E-state index contributed by atoms with van der Waals surface area (Å²) in [6, 6.07) is 8.61. The van der Waals surface area contributed by atoms with Crippen LogP contribution in [0.2, 0.25) is 0 Å². The number of aliphatic hydroxyl groups is 1. The van der Waals surface area contributed by atoms with E-state index in [1.165, 1.54) is 11.3 Å². The number of hydrogen-bond donors (Lipinski definition) is 2. The molecule has 2 heteroatoms. The summed E-state index contributed by atoms with van der Waals surface area (Å²) in [5, 5.41) is 14.7. The number of rotatable bonds is 1. The Morgan fingerprint density at radius 1 is 1.21 bits per heavy atom. The van der Waals surface area contributed by atoms with E-state index in [1.807, 2.05) is 0 Å². The lowest BCUT2D eigenvalue weighted by atomic mass is 9.63. The first kappa shape index (κ1) is 13.0. The summed E-state index contributed by atoms with van der Waals surface area (Å²) in [5.41, 5.74) is 2.36. The summed E-state index contributed by atoms with van der Waals surface area (Å²) in [6.07, 6.45) is 4.09. The zero-order valence-electron chi connectivity index (χ0n) is 12.2. The van der Waals surface area contributed by atoms with Crippen molar-refractivity contribution in [2.45, 2.75) is 58.1 Å². The normalized spacial score (nSPS) is 36.6. The largest absolute Gasteiger partial charge is 0.387 e. The molecule has 3 rings (SSSR count). The first-order valence-electron chi connectivity index (χ1n) is 7.48. The second-order valence-corrected chi connectivity index (χ2v) is 7.32. The summed E-state index contributed by atoms with van der Waals surface area (Å²) < 4.78 is 0. The zero-order valence-corrected chi connectivity index (χ0v) is 12.2.